The largest absolute Gasteiger partial charge is 0.424 e. The van der Waals surface area contributed by atoms with Crippen LogP contribution in [0, 0.1) is 17.8 Å². The normalized spacial score (nSPS) is 23.0. The number of aryl methyl sites for hydroxylation is 1. The molecule has 0 amide bonds. The minimum atomic E-state index is 0.489. The first-order valence-corrected chi connectivity index (χ1v) is 11.0. The van der Waals surface area contributed by atoms with E-state index >= 15 is 0 Å². The van der Waals surface area contributed by atoms with E-state index in [1.165, 1.54) is 18.5 Å². The zero-order valence-corrected chi connectivity index (χ0v) is 18.2. The summed E-state index contributed by atoms with van der Waals surface area (Å²) in [6.07, 6.45) is 5.17. The van der Waals surface area contributed by atoms with Gasteiger partial charge in [0, 0.05) is 43.5 Å². The van der Waals surface area contributed by atoms with Gasteiger partial charge in [-0.2, -0.15) is 10.1 Å². The Morgan fingerprint density at radius 1 is 1.10 bits per heavy atom. The molecule has 0 radical (unpaired) electrons. The number of ether oxygens (including phenoxy) is 1. The number of hydrogen-bond acceptors (Lipinski definition) is 5. The van der Waals surface area contributed by atoms with Crippen molar-refractivity contribution < 1.29 is 4.74 Å². The lowest BCUT2D eigenvalue weighted by molar-refractivity contribution is 0.265. The molecule has 1 saturated carbocycles. The summed E-state index contributed by atoms with van der Waals surface area (Å²) in [4.78, 5) is 11.2. The Morgan fingerprint density at radius 3 is 2.63 bits per heavy atom. The van der Waals surface area contributed by atoms with Crippen molar-refractivity contribution in [1.82, 2.24) is 19.7 Å². The quantitative estimate of drug-likeness (QED) is 0.518. The molecule has 1 aromatic carbocycles. The van der Waals surface area contributed by atoms with Crippen LogP contribution in [0.2, 0.25) is 10.2 Å². The molecule has 2 bridgehead atoms. The van der Waals surface area contributed by atoms with Gasteiger partial charge in [0.1, 0.15) is 10.9 Å². The fraction of sp³-hybridized carbons (Fsp3) is 0.409. The number of nitrogens with zero attached hydrogens (tertiary/aromatic N) is 5. The minimum absolute atomic E-state index is 0.489. The third-order valence-corrected chi connectivity index (χ3v) is 6.74. The number of anilines is 1. The van der Waals surface area contributed by atoms with Crippen molar-refractivity contribution in [3.8, 4) is 11.8 Å². The Hall–Kier alpha value is -2.31. The van der Waals surface area contributed by atoms with E-state index < -0.39 is 0 Å². The lowest BCUT2D eigenvalue weighted by Gasteiger charge is -2.39. The van der Waals surface area contributed by atoms with Gasteiger partial charge in [-0.1, -0.05) is 29.3 Å². The molecule has 6 nitrogen and oxygen atoms in total. The number of benzene rings is 1. The standard InChI is InChI=1S/C22H23Cl2N5O/c1-28-22(30-18-4-2-3-16(23)9-18)26-21(27-28)11-19-14-5-6-15(19)13-29(12-14)17-7-8-25-20(24)10-17/h2-4,7-10,14-15,19H,5-6,11-13H2,1H3. The molecule has 1 aliphatic heterocycles. The molecule has 0 spiro atoms. The van der Waals surface area contributed by atoms with Crippen molar-refractivity contribution in [2.45, 2.75) is 19.3 Å². The van der Waals surface area contributed by atoms with Crippen molar-refractivity contribution in [1.29, 1.82) is 0 Å². The van der Waals surface area contributed by atoms with Crippen LogP contribution in [-0.4, -0.2) is 32.8 Å². The van der Waals surface area contributed by atoms with Crippen LogP contribution in [0.15, 0.2) is 42.6 Å². The molecule has 2 aromatic heterocycles. The van der Waals surface area contributed by atoms with Crippen LogP contribution in [-0.2, 0) is 13.5 Å². The molecule has 1 saturated heterocycles. The highest BCUT2D eigenvalue weighted by atomic mass is 35.5. The molecule has 2 aliphatic rings. The molecule has 2 atom stereocenters. The van der Waals surface area contributed by atoms with Crippen LogP contribution in [0.4, 0.5) is 5.69 Å². The number of aromatic nitrogens is 4. The highest BCUT2D eigenvalue weighted by Crippen LogP contribution is 2.44. The van der Waals surface area contributed by atoms with E-state index in [4.69, 9.17) is 27.9 Å². The molecular formula is C22H23Cl2N5O. The third kappa shape index (κ3) is 3.98. The second-order valence-corrected chi connectivity index (χ2v) is 9.02. The fourth-order valence-electron chi connectivity index (χ4n) is 4.91. The maximum atomic E-state index is 6.10. The Bertz CT molecular complexity index is 1040. The zero-order valence-electron chi connectivity index (χ0n) is 16.7. The number of piperidine rings is 1. The van der Waals surface area contributed by atoms with Gasteiger partial charge in [-0.25, -0.2) is 9.67 Å². The van der Waals surface area contributed by atoms with Gasteiger partial charge < -0.3 is 9.64 Å². The van der Waals surface area contributed by atoms with E-state index in [0.29, 0.717) is 39.7 Å². The summed E-state index contributed by atoms with van der Waals surface area (Å²) in [7, 11) is 1.86. The molecule has 5 rings (SSSR count). The van der Waals surface area contributed by atoms with E-state index in [1.54, 1.807) is 16.9 Å². The average molecular weight is 444 g/mol. The van der Waals surface area contributed by atoms with Gasteiger partial charge in [0.15, 0.2) is 5.82 Å². The second kappa shape index (κ2) is 8.08. The molecule has 156 valence electrons. The van der Waals surface area contributed by atoms with E-state index in [2.05, 4.69) is 20.0 Å². The van der Waals surface area contributed by atoms with Crippen LogP contribution in [0.1, 0.15) is 18.7 Å². The topological polar surface area (TPSA) is 56.1 Å². The van der Waals surface area contributed by atoms with E-state index in [1.807, 2.05) is 37.4 Å². The van der Waals surface area contributed by atoms with E-state index in [9.17, 15) is 0 Å². The van der Waals surface area contributed by atoms with Crippen molar-refractivity contribution in [3.63, 3.8) is 0 Å². The lowest BCUT2D eigenvalue weighted by Crippen LogP contribution is -2.42. The fourth-order valence-corrected chi connectivity index (χ4v) is 5.26. The van der Waals surface area contributed by atoms with Crippen LogP contribution in [0.5, 0.6) is 11.8 Å². The number of fused-ring (bicyclic) bond motifs is 2. The summed E-state index contributed by atoms with van der Waals surface area (Å²) < 4.78 is 7.59. The Morgan fingerprint density at radius 2 is 1.90 bits per heavy atom. The maximum absolute atomic E-state index is 6.10. The first-order chi connectivity index (χ1) is 14.5. The smallest absolute Gasteiger partial charge is 0.320 e. The summed E-state index contributed by atoms with van der Waals surface area (Å²) in [5, 5.41) is 5.80. The van der Waals surface area contributed by atoms with E-state index in [-0.39, 0.29) is 0 Å². The van der Waals surface area contributed by atoms with Crippen molar-refractivity contribution >= 4 is 28.9 Å². The van der Waals surface area contributed by atoms with Crippen LogP contribution in [0.25, 0.3) is 0 Å². The molecule has 0 N–H and O–H groups in total. The first kappa shape index (κ1) is 19.6. The molecule has 3 aromatic rings. The number of pyridine rings is 1. The zero-order chi connectivity index (χ0) is 20.7. The monoisotopic (exact) mass is 443 g/mol. The molecule has 3 heterocycles. The Kier molecular flexibility index (Phi) is 5.29. The summed E-state index contributed by atoms with van der Waals surface area (Å²) in [6.45, 7) is 2.08. The molecule has 30 heavy (non-hydrogen) atoms. The number of halogens is 2. The van der Waals surface area contributed by atoms with Gasteiger partial charge in [-0.05, 0) is 60.9 Å². The first-order valence-electron chi connectivity index (χ1n) is 10.2. The SMILES string of the molecule is Cn1nc(CC2C3CCC2CN(c2ccnc(Cl)c2)C3)nc1Oc1cccc(Cl)c1. The van der Waals surface area contributed by atoms with Gasteiger partial charge in [-0.15, -0.1) is 0 Å². The Balaban J connectivity index is 1.28. The maximum Gasteiger partial charge on any atom is 0.320 e. The molecule has 2 unspecified atom stereocenters. The summed E-state index contributed by atoms with van der Waals surface area (Å²) in [6, 6.07) is 11.8. The van der Waals surface area contributed by atoms with Crippen molar-refractivity contribution in [3.05, 3.63) is 58.6 Å². The van der Waals surface area contributed by atoms with Crippen molar-refractivity contribution in [2.75, 3.05) is 18.0 Å². The second-order valence-electron chi connectivity index (χ2n) is 8.20. The third-order valence-electron chi connectivity index (χ3n) is 6.29. The van der Waals surface area contributed by atoms with Crippen LogP contribution >= 0.6 is 23.2 Å². The summed E-state index contributed by atoms with van der Waals surface area (Å²) in [5.41, 5.74) is 1.17. The summed E-state index contributed by atoms with van der Waals surface area (Å²) in [5.74, 6) is 3.37. The van der Waals surface area contributed by atoms with Gasteiger partial charge in [0.05, 0.1) is 0 Å². The molecule has 2 fully saturated rings. The van der Waals surface area contributed by atoms with E-state index in [0.717, 1.165) is 25.3 Å². The van der Waals surface area contributed by atoms with Gasteiger partial charge >= 0.3 is 6.01 Å². The minimum Gasteiger partial charge on any atom is -0.424 e. The molecule has 8 heteroatoms. The highest BCUT2D eigenvalue weighted by molar-refractivity contribution is 6.30. The average Bonchev–Trinajstić information content (AvgIpc) is 3.16. The Labute approximate surface area is 185 Å². The molecular weight excluding hydrogens is 421 g/mol. The van der Waals surface area contributed by atoms with Crippen LogP contribution < -0.4 is 9.64 Å². The van der Waals surface area contributed by atoms with Gasteiger partial charge in [0.25, 0.3) is 0 Å². The predicted molar refractivity (Wildman–Crippen MR) is 117 cm³/mol. The predicted octanol–water partition coefficient (Wildman–Crippen LogP) is 5.01. The van der Waals surface area contributed by atoms with Crippen LogP contribution in [0.3, 0.4) is 0 Å². The van der Waals surface area contributed by atoms with Gasteiger partial charge in [-0.3, -0.25) is 0 Å². The molecule has 1 aliphatic carbocycles. The summed E-state index contributed by atoms with van der Waals surface area (Å²) >= 11 is 12.1. The number of hydrogen-bond donors (Lipinski definition) is 0. The lowest BCUT2D eigenvalue weighted by atomic mass is 9.82. The number of rotatable bonds is 5. The van der Waals surface area contributed by atoms with Gasteiger partial charge in [0.2, 0.25) is 0 Å². The highest BCUT2D eigenvalue weighted by Gasteiger charge is 2.42. The van der Waals surface area contributed by atoms with Crippen molar-refractivity contribution in [2.24, 2.45) is 24.8 Å².